The molecule has 0 unspecified atom stereocenters. The van der Waals surface area contributed by atoms with E-state index in [1.54, 1.807) is 18.3 Å². The van der Waals surface area contributed by atoms with E-state index in [1.807, 2.05) is 23.1 Å². The monoisotopic (exact) mass is 531 g/mol. The van der Waals surface area contributed by atoms with Crippen molar-refractivity contribution in [2.75, 3.05) is 40.7 Å². The van der Waals surface area contributed by atoms with Gasteiger partial charge in [-0.3, -0.25) is 9.52 Å². The number of carbonyl (C=O) groups excluding carboxylic acids is 1. The molecule has 194 valence electrons. The van der Waals surface area contributed by atoms with E-state index in [4.69, 9.17) is 0 Å². The number of Topliss-reactive ketones (excluding diaryl/α,β-unsaturated/α-hetero) is 1. The number of fused-ring (bicyclic) bond motifs is 1. The van der Waals surface area contributed by atoms with Crippen molar-refractivity contribution in [3.05, 3.63) is 84.1 Å². The van der Waals surface area contributed by atoms with Crippen molar-refractivity contribution >= 4 is 50.0 Å². The number of carboxylic acid groups (broad SMARTS) is 1. The lowest BCUT2D eigenvalue weighted by Gasteiger charge is -2.36. The van der Waals surface area contributed by atoms with Gasteiger partial charge >= 0.3 is 5.97 Å². The highest BCUT2D eigenvalue weighted by atomic mass is 32.2. The molecule has 1 aliphatic heterocycles. The first-order valence-corrected chi connectivity index (χ1v) is 13.4. The number of hydrogen-bond acceptors (Lipinski definition) is 8. The Kier molecular flexibility index (Phi) is 6.68. The normalized spacial score (nSPS) is 13.9. The number of carbonyl (C=O) groups is 2. The topological polar surface area (TPSA) is 133 Å². The first kappa shape index (κ1) is 25.2. The maximum Gasteiger partial charge on any atom is 0.336 e. The van der Waals surface area contributed by atoms with Crippen LogP contribution in [0.25, 0.3) is 10.9 Å². The third-order valence-corrected chi connectivity index (χ3v) is 7.82. The van der Waals surface area contributed by atoms with Gasteiger partial charge in [-0.25, -0.2) is 23.2 Å². The van der Waals surface area contributed by atoms with Crippen LogP contribution in [0, 0.1) is 0 Å². The van der Waals surface area contributed by atoms with E-state index < -0.39 is 16.0 Å². The number of nitrogens with zero attached hydrogens (tertiary/aromatic N) is 4. The molecule has 1 saturated heterocycles. The molecule has 5 rings (SSSR count). The van der Waals surface area contributed by atoms with Crippen molar-refractivity contribution < 1.29 is 23.1 Å². The third-order valence-electron chi connectivity index (χ3n) is 6.43. The van der Waals surface area contributed by atoms with E-state index in [-0.39, 0.29) is 21.9 Å². The minimum atomic E-state index is -3.96. The molecule has 0 radical (unpaired) electrons. The van der Waals surface area contributed by atoms with Gasteiger partial charge in [0.25, 0.3) is 10.0 Å². The van der Waals surface area contributed by atoms with E-state index in [0.29, 0.717) is 48.5 Å². The Morgan fingerprint density at radius 1 is 0.895 bits per heavy atom. The Morgan fingerprint density at radius 2 is 1.58 bits per heavy atom. The Hall–Kier alpha value is -4.51. The zero-order chi connectivity index (χ0) is 26.9. The summed E-state index contributed by atoms with van der Waals surface area (Å²) in [7, 11) is -3.96. The molecule has 0 spiro atoms. The smallest absolute Gasteiger partial charge is 0.336 e. The number of piperazine rings is 1. The molecule has 3 heterocycles. The number of hydrogen-bond donors (Lipinski definition) is 2. The summed E-state index contributed by atoms with van der Waals surface area (Å²) in [4.78, 5) is 36.9. The zero-order valence-electron chi connectivity index (χ0n) is 20.5. The van der Waals surface area contributed by atoms with Crippen LogP contribution >= 0.6 is 0 Å². The van der Waals surface area contributed by atoms with Gasteiger partial charge in [-0.15, -0.1) is 0 Å². The maximum atomic E-state index is 12.9. The molecule has 2 N–H and O–H groups in total. The quantitative estimate of drug-likeness (QED) is 0.343. The number of nitrogens with one attached hydrogen (secondary N) is 1. The van der Waals surface area contributed by atoms with Crippen molar-refractivity contribution in [1.82, 2.24) is 9.97 Å². The van der Waals surface area contributed by atoms with Crippen LogP contribution in [0.3, 0.4) is 0 Å². The molecule has 4 aromatic rings. The zero-order valence-corrected chi connectivity index (χ0v) is 21.4. The van der Waals surface area contributed by atoms with Crippen LogP contribution < -0.4 is 14.5 Å². The Balaban J connectivity index is 1.39. The van der Waals surface area contributed by atoms with E-state index >= 15 is 0 Å². The minimum absolute atomic E-state index is 0.0145. The number of rotatable bonds is 7. The molecule has 11 heteroatoms. The summed E-state index contributed by atoms with van der Waals surface area (Å²) in [5, 5.41) is 10.3. The highest BCUT2D eigenvalue weighted by Gasteiger charge is 2.22. The van der Waals surface area contributed by atoms with Gasteiger partial charge in [-0.2, -0.15) is 0 Å². The summed E-state index contributed by atoms with van der Waals surface area (Å²) >= 11 is 0. The summed E-state index contributed by atoms with van der Waals surface area (Å²) < 4.78 is 28.3. The Bertz CT molecular complexity index is 1620. The van der Waals surface area contributed by atoms with Crippen molar-refractivity contribution in [2.45, 2.75) is 11.8 Å². The molecule has 10 nitrogen and oxygen atoms in total. The molecule has 0 atom stereocenters. The summed E-state index contributed by atoms with van der Waals surface area (Å²) in [6.07, 6.45) is 1.75. The van der Waals surface area contributed by atoms with E-state index in [0.717, 1.165) is 5.82 Å². The largest absolute Gasteiger partial charge is 0.478 e. The van der Waals surface area contributed by atoms with E-state index in [2.05, 4.69) is 19.6 Å². The van der Waals surface area contributed by atoms with Gasteiger partial charge in [-0.1, -0.05) is 18.2 Å². The molecule has 2 aromatic heterocycles. The predicted molar refractivity (Wildman–Crippen MR) is 145 cm³/mol. The molecule has 0 amide bonds. The number of pyridine rings is 2. The molecule has 0 aliphatic carbocycles. The van der Waals surface area contributed by atoms with Crippen molar-refractivity contribution in [3.8, 4) is 0 Å². The number of aromatic carboxylic acids is 1. The molecular formula is C27H25N5O5S. The lowest BCUT2D eigenvalue weighted by molar-refractivity contribution is 0.0698. The predicted octanol–water partition coefficient (Wildman–Crippen LogP) is 3.66. The number of ketones is 1. The summed E-state index contributed by atoms with van der Waals surface area (Å²) in [5.41, 5.74) is 1.08. The Labute approximate surface area is 219 Å². The summed E-state index contributed by atoms with van der Waals surface area (Å²) in [6.45, 7) is 4.13. The molecule has 1 aliphatic rings. The number of sulfonamides is 1. The summed E-state index contributed by atoms with van der Waals surface area (Å²) in [5.74, 6) is 0.147. The number of carboxylic acids is 1. The van der Waals surface area contributed by atoms with Crippen LogP contribution in [0.5, 0.6) is 0 Å². The van der Waals surface area contributed by atoms with Gasteiger partial charge in [0.05, 0.1) is 16.0 Å². The number of benzene rings is 2. The van der Waals surface area contributed by atoms with Gasteiger partial charge in [0, 0.05) is 49.0 Å². The molecule has 2 aromatic carbocycles. The first-order chi connectivity index (χ1) is 18.2. The molecule has 1 fully saturated rings. The second-order valence-electron chi connectivity index (χ2n) is 8.91. The first-order valence-electron chi connectivity index (χ1n) is 11.9. The van der Waals surface area contributed by atoms with E-state index in [1.165, 1.54) is 43.3 Å². The van der Waals surface area contributed by atoms with Gasteiger partial charge in [0.2, 0.25) is 0 Å². The summed E-state index contributed by atoms with van der Waals surface area (Å²) in [6, 6.07) is 17.5. The van der Waals surface area contributed by atoms with Crippen molar-refractivity contribution in [2.24, 2.45) is 0 Å². The Morgan fingerprint density at radius 3 is 2.18 bits per heavy atom. The van der Waals surface area contributed by atoms with E-state index in [9.17, 15) is 23.1 Å². The van der Waals surface area contributed by atoms with Crippen LogP contribution in [-0.4, -0.2) is 61.4 Å². The second kappa shape index (κ2) is 10.1. The number of anilines is 3. The maximum absolute atomic E-state index is 12.9. The van der Waals surface area contributed by atoms with Gasteiger partial charge < -0.3 is 14.9 Å². The minimum Gasteiger partial charge on any atom is -0.478 e. The average molecular weight is 532 g/mol. The molecular weight excluding hydrogens is 506 g/mol. The van der Waals surface area contributed by atoms with Crippen LogP contribution in [0.15, 0.2) is 77.8 Å². The van der Waals surface area contributed by atoms with Crippen LogP contribution in [0.1, 0.15) is 27.6 Å². The van der Waals surface area contributed by atoms with Crippen LogP contribution in [-0.2, 0) is 10.0 Å². The standard InChI is InChI=1S/C27H25N5O5S/c1-18(33)19-5-8-21(9-6-19)38(36,37)30-20-7-10-24-22(16-20)23(27(34)35)17-26(29-24)32-14-12-31(13-15-32)25-4-2-3-11-28-25/h2-11,16-17,30H,12-15H2,1H3,(H,34,35). The second-order valence-corrected chi connectivity index (χ2v) is 10.6. The molecule has 38 heavy (non-hydrogen) atoms. The SMILES string of the molecule is CC(=O)c1ccc(S(=O)(=O)Nc2ccc3nc(N4CCN(c5ccccn5)CC4)cc(C(=O)O)c3c2)cc1. The van der Waals surface area contributed by atoms with Gasteiger partial charge in [0.15, 0.2) is 5.78 Å². The number of aromatic nitrogens is 2. The lowest BCUT2D eigenvalue weighted by Crippen LogP contribution is -2.47. The molecule has 0 saturated carbocycles. The fraction of sp³-hybridized carbons (Fsp3) is 0.185. The third kappa shape index (κ3) is 5.14. The fourth-order valence-corrected chi connectivity index (χ4v) is 5.45. The van der Waals surface area contributed by atoms with Crippen molar-refractivity contribution in [1.29, 1.82) is 0 Å². The van der Waals surface area contributed by atoms with Crippen LogP contribution in [0.2, 0.25) is 0 Å². The highest BCUT2D eigenvalue weighted by molar-refractivity contribution is 7.92. The van der Waals surface area contributed by atoms with Gasteiger partial charge in [0.1, 0.15) is 11.6 Å². The fourth-order valence-electron chi connectivity index (χ4n) is 4.40. The van der Waals surface area contributed by atoms with Crippen molar-refractivity contribution in [3.63, 3.8) is 0 Å². The van der Waals surface area contributed by atoms with Gasteiger partial charge in [-0.05, 0) is 55.5 Å². The lowest BCUT2D eigenvalue weighted by atomic mass is 10.1. The van der Waals surface area contributed by atoms with Crippen LogP contribution in [0.4, 0.5) is 17.3 Å². The molecule has 0 bridgehead atoms. The average Bonchev–Trinajstić information content (AvgIpc) is 2.93. The highest BCUT2D eigenvalue weighted by Crippen LogP contribution is 2.28.